The maximum atomic E-state index is 14.8. The number of aliphatic hydroxyl groups is 4. The number of aliphatic hydroxyl groups excluding tert-OH is 4. The lowest BCUT2D eigenvalue weighted by Gasteiger charge is -2.40. The molecule has 0 aliphatic carbocycles. The zero-order chi connectivity index (χ0) is 22.1. The van der Waals surface area contributed by atoms with Crippen LogP contribution in [0.1, 0.15) is 43.6 Å². The third-order valence-corrected chi connectivity index (χ3v) is 5.77. The Balaban J connectivity index is 1.96. The Morgan fingerprint density at radius 3 is 2.27 bits per heavy atom. The molecule has 4 N–H and O–H groups in total. The summed E-state index contributed by atoms with van der Waals surface area (Å²) in [6, 6.07) is 11.8. The molecular weight excluding hydrogens is 391 g/mol. The first-order valence-corrected chi connectivity index (χ1v) is 10.0. The largest absolute Gasteiger partial charge is 0.494 e. The van der Waals surface area contributed by atoms with Gasteiger partial charge in [0.1, 0.15) is 42.1 Å². The van der Waals surface area contributed by atoms with Crippen molar-refractivity contribution in [2.24, 2.45) is 0 Å². The lowest BCUT2D eigenvalue weighted by atomic mass is 9.76. The third kappa shape index (κ3) is 4.22. The normalized spacial score (nSPS) is 27.1. The van der Waals surface area contributed by atoms with Crippen LogP contribution < -0.4 is 4.74 Å². The molecule has 0 spiro atoms. The van der Waals surface area contributed by atoms with E-state index in [2.05, 4.69) is 0 Å². The van der Waals surface area contributed by atoms with Crippen LogP contribution in [0, 0.1) is 5.82 Å². The minimum atomic E-state index is -1.49. The summed E-state index contributed by atoms with van der Waals surface area (Å²) in [6.45, 7) is 5.71. The highest BCUT2D eigenvalue weighted by Crippen LogP contribution is 2.38. The van der Waals surface area contributed by atoms with E-state index in [0.717, 1.165) is 11.3 Å². The molecule has 164 valence electrons. The van der Waals surface area contributed by atoms with E-state index in [0.29, 0.717) is 17.7 Å². The molecule has 7 heteroatoms. The van der Waals surface area contributed by atoms with Crippen molar-refractivity contribution in [2.75, 3.05) is 13.2 Å². The van der Waals surface area contributed by atoms with Crippen LogP contribution in [0.3, 0.4) is 0 Å². The first-order valence-electron chi connectivity index (χ1n) is 10.0. The standard InChI is InChI=1S/C23H29FO6/c1-4-29-15-8-6-14(7-9-15)23(2,3)16-11-13(5-10-17(16)24)22-21(28)20(27)19(26)18(12-25)30-22/h5-11,18-22,25-28H,4,12H2,1-3H3/t18-,19-,20+,21-,22+/m1/s1. The van der Waals surface area contributed by atoms with E-state index in [9.17, 15) is 24.8 Å². The van der Waals surface area contributed by atoms with Gasteiger partial charge in [-0.15, -0.1) is 0 Å². The SMILES string of the molecule is CCOc1ccc(C(C)(C)c2cc([C@@H]3O[C@H](CO)[C@@H](O)[C@H](O)[C@H]3O)ccc2F)cc1. The van der Waals surface area contributed by atoms with E-state index < -0.39 is 48.4 Å². The van der Waals surface area contributed by atoms with Crippen LogP contribution in [0.5, 0.6) is 5.75 Å². The Labute approximate surface area is 175 Å². The molecule has 1 aliphatic rings. The number of rotatable bonds is 6. The van der Waals surface area contributed by atoms with Crippen molar-refractivity contribution in [1.29, 1.82) is 0 Å². The summed E-state index contributed by atoms with van der Waals surface area (Å²) in [7, 11) is 0. The maximum Gasteiger partial charge on any atom is 0.127 e. The van der Waals surface area contributed by atoms with Crippen LogP contribution in [-0.4, -0.2) is 58.1 Å². The fourth-order valence-corrected chi connectivity index (χ4v) is 3.87. The molecule has 3 rings (SSSR count). The van der Waals surface area contributed by atoms with Gasteiger partial charge < -0.3 is 29.9 Å². The topological polar surface area (TPSA) is 99.4 Å². The van der Waals surface area contributed by atoms with Gasteiger partial charge in [0, 0.05) is 5.41 Å². The van der Waals surface area contributed by atoms with Gasteiger partial charge in [0.15, 0.2) is 0 Å². The summed E-state index contributed by atoms with van der Waals surface area (Å²) in [5.74, 6) is 0.315. The molecule has 0 aromatic heterocycles. The van der Waals surface area contributed by atoms with Crippen LogP contribution in [0.4, 0.5) is 4.39 Å². The van der Waals surface area contributed by atoms with Crippen LogP contribution in [0.15, 0.2) is 42.5 Å². The van der Waals surface area contributed by atoms with Crippen molar-refractivity contribution in [3.8, 4) is 5.75 Å². The molecule has 1 heterocycles. The molecule has 1 fully saturated rings. The van der Waals surface area contributed by atoms with E-state index in [4.69, 9.17) is 9.47 Å². The number of benzene rings is 2. The average molecular weight is 420 g/mol. The molecule has 0 saturated carbocycles. The van der Waals surface area contributed by atoms with E-state index >= 15 is 0 Å². The van der Waals surface area contributed by atoms with Crippen molar-refractivity contribution >= 4 is 0 Å². The molecule has 0 amide bonds. The van der Waals surface area contributed by atoms with Crippen molar-refractivity contribution in [3.63, 3.8) is 0 Å². The van der Waals surface area contributed by atoms with Crippen molar-refractivity contribution in [2.45, 2.75) is 56.7 Å². The van der Waals surface area contributed by atoms with E-state index in [1.807, 2.05) is 45.0 Å². The Morgan fingerprint density at radius 1 is 1.00 bits per heavy atom. The van der Waals surface area contributed by atoms with Gasteiger partial charge in [-0.3, -0.25) is 0 Å². The summed E-state index contributed by atoms with van der Waals surface area (Å²) in [4.78, 5) is 0. The smallest absolute Gasteiger partial charge is 0.127 e. The molecule has 2 aromatic carbocycles. The molecule has 0 unspecified atom stereocenters. The summed E-state index contributed by atoms with van der Waals surface area (Å²) in [5, 5.41) is 39.9. The van der Waals surface area contributed by atoms with Gasteiger partial charge >= 0.3 is 0 Å². The maximum absolute atomic E-state index is 14.8. The van der Waals surface area contributed by atoms with Gasteiger partial charge in [-0.05, 0) is 47.9 Å². The summed E-state index contributed by atoms with van der Waals surface area (Å²) in [6.07, 6.45) is -6.40. The zero-order valence-electron chi connectivity index (χ0n) is 17.3. The monoisotopic (exact) mass is 420 g/mol. The molecule has 0 radical (unpaired) electrons. The van der Waals surface area contributed by atoms with Crippen LogP contribution in [0.25, 0.3) is 0 Å². The second-order valence-corrected chi connectivity index (χ2v) is 8.07. The number of ether oxygens (including phenoxy) is 2. The zero-order valence-corrected chi connectivity index (χ0v) is 17.3. The quantitative estimate of drug-likeness (QED) is 0.571. The van der Waals surface area contributed by atoms with Gasteiger partial charge in [-0.25, -0.2) is 4.39 Å². The summed E-state index contributed by atoms with van der Waals surface area (Å²) < 4.78 is 25.9. The number of halogens is 1. The second-order valence-electron chi connectivity index (χ2n) is 8.07. The van der Waals surface area contributed by atoms with Gasteiger partial charge in [0.25, 0.3) is 0 Å². The van der Waals surface area contributed by atoms with Gasteiger partial charge in [0.2, 0.25) is 0 Å². The van der Waals surface area contributed by atoms with Crippen molar-refractivity contribution in [1.82, 2.24) is 0 Å². The minimum Gasteiger partial charge on any atom is -0.494 e. The first-order chi connectivity index (χ1) is 14.2. The lowest BCUT2D eigenvalue weighted by Crippen LogP contribution is -2.55. The van der Waals surface area contributed by atoms with Crippen LogP contribution >= 0.6 is 0 Å². The molecule has 6 nitrogen and oxygen atoms in total. The molecule has 2 aromatic rings. The number of hydrogen-bond acceptors (Lipinski definition) is 6. The lowest BCUT2D eigenvalue weighted by molar-refractivity contribution is -0.231. The Morgan fingerprint density at radius 2 is 1.67 bits per heavy atom. The molecule has 1 aliphatic heterocycles. The van der Waals surface area contributed by atoms with Gasteiger partial charge in [-0.2, -0.15) is 0 Å². The predicted octanol–water partition coefficient (Wildman–Crippen LogP) is 2.07. The molecule has 1 saturated heterocycles. The third-order valence-electron chi connectivity index (χ3n) is 5.77. The average Bonchev–Trinajstić information content (AvgIpc) is 2.73. The molecule has 5 atom stereocenters. The van der Waals surface area contributed by atoms with Gasteiger partial charge in [-0.1, -0.05) is 32.0 Å². The Kier molecular flexibility index (Phi) is 6.79. The van der Waals surface area contributed by atoms with Crippen molar-refractivity contribution < 1.29 is 34.3 Å². The minimum absolute atomic E-state index is 0.390. The number of hydrogen-bond donors (Lipinski definition) is 4. The van der Waals surface area contributed by atoms with Crippen LogP contribution in [-0.2, 0) is 10.2 Å². The summed E-state index contributed by atoms with van der Waals surface area (Å²) >= 11 is 0. The van der Waals surface area contributed by atoms with Crippen molar-refractivity contribution in [3.05, 3.63) is 65.0 Å². The predicted molar refractivity (Wildman–Crippen MR) is 109 cm³/mol. The fraction of sp³-hybridized carbons (Fsp3) is 0.478. The van der Waals surface area contributed by atoms with E-state index in [1.54, 1.807) is 6.07 Å². The Bertz CT molecular complexity index is 851. The van der Waals surface area contributed by atoms with E-state index in [1.165, 1.54) is 12.1 Å². The molecular formula is C23H29FO6. The van der Waals surface area contributed by atoms with Gasteiger partial charge in [0.05, 0.1) is 13.2 Å². The second kappa shape index (κ2) is 8.99. The first kappa shape index (κ1) is 22.7. The highest BCUT2D eigenvalue weighted by molar-refractivity contribution is 5.42. The highest BCUT2D eigenvalue weighted by Gasteiger charge is 2.44. The fourth-order valence-electron chi connectivity index (χ4n) is 3.87. The highest BCUT2D eigenvalue weighted by atomic mass is 19.1. The van der Waals surface area contributed by atoms with Crippen LogP contribution in [0.2, 0.25) is 0 Å². The Hall–Kier alpha value is -2.03. The summed E-state index contributed by atoms with van der Waals surface area (Å²) in [5.41, 5.74) is 0.998. The molecule has 0 bridgehead atoms. The molecule has 30 heavy (non-hydrogen) atoms. The van der Waals surface area contributed by atoms with E-state index in [-0.39, 0.29) is 0 Å².